The van der Waals surface area contributed by atoms with E-state index in [1.807, 2.05) is 12.1 Å². The molecule has 4 nitrogen and oxygen atoms in total. The molecule has 0 aliphatic carbocycles. The van der Waals surface area contributed by atoms with E-state index in [1.165, 1.54) is 23.8 Å². The highest BCUT2D eigenvalue weighted by Crippen LogP contribution is 2.31. The minimum absolute atomic E-state index is 0.147. The molecule has 3 rings (SSSR count). The summed E-state index contributed by atoms with van der Waals surface area (Å²) in [4.78, 5) is 15.4. The first-order valence-electron chi connectivity index (χ1n) is 6.57. The van der Waals surface area contributed by atoms with Crippen LogP contribution in [-0.4, -0.2) is 24.1 Å². The van der Waals surface area contributed by atoms with Gasteiger partial charge in [-0.2, -0.15) is 0 Å². The van der Waals surface area contributed by atoms with Crippen molar-refractivity contribution in [1.29, 1.82) is 0 Å². The lowest BCUT2D eigenvalue weighted by Crippen LogP contribution is -3.01. The Bertz CT molecular complexity index is 643. The van der Waals surface area contributed by atoms with Crippen molar-refractivity contribution < 1.29 is 14.8 Å². The zero-order valence-corrected chi connectivity index (χ0v) is 11.5. The van der Waals surface area contributed by atoms with Gasteiger partial charge in [-0.15, -0.1) is 0 Å². The smallest absolute Gasteiger partial charge is 0.364 e. The second kappa shape index (κ2) is 4.10. The maximum atomic E-state index is 11.9. The summed E-state index contributed by atoms with van der Waals surface area (Å²) in [5, 5.41) is 3.31. The second-order valence-corrected chi connectivity index (χ2v) is 5.75. The van der Waals surface area contributed by atoms with E-state index in [9.17, 15) is 4.79 Å². The Balaban J connectivity index is 2.15. The third-order valence-electron chi connectivity index (χ3n) is 4.00. The molecule has 2 heterocycles. The SMILES string of the molecule is COC(=O)[C@@H]1Cc2c([nH]c3ccccc23)C(C)(C)[NH2+]1. The lowest BCUT2D eigenvalue weighted by Gasteiger charge is -2.32. The number of H-pyrrole nitrogens is 1. The number of quaternary nitrogens is 1. The number of esters is 1. The fraction of sp³-hybridized carbons (Fsp3) is 0.400. The monoisotopic (exact) mass is 259 g/mol. The molecule has 0 amide bonds. The molecular weight excluding hydrogens is 240 g/mol. The van der Waals surface area contributed by atoms with E-state index in [0.29, 0.717) is 0 Å². The first-order chi connectivity index (χ1) is 9.03. The van der Waals surface area contributed by atoms with Gasteiger partial charge in [-0.3, -0.25) is 0 Å². The molecule has 0 unspecified atom stereocenters. The molecule has 1 aromatic heterocycles. The molecule has 3 N–H and O–H groups in total. The van der Waals surface area contributed by atoms with Crippen molar-refractivity contribution in [2.75, 3.05) is 7.11 Å². The quantitative estimate of drug-likeness (QED) is 0.752. The lowest BCUT2D eigenvalue weighted by molar-refractivity contribution is -0.753. The van der Waals surface area contributed by atoms with E-state index in [-0.39, 0.29) is 17.6 Å². The van der Waals surface area contributed by atoms with E-state index in [1.54, 1.807) is 0 Å². The first-order valence-corrected chi connectivity index (χ1v) is 6.57. The van der Waals surface area contributed by atoms with Crippen LogP contribution in [0.2, 0.25) is 0 Å². The highest BCUT2D eigenvalue weighted by molar-refractivity contribution is 5.86. The zero-order valence-electron chi connectivity index (χ0n) is 11.5. The number of nitrogens with two attached hydrogens (primary N) is 1. The van der Waals surface area contributed by atoms with E-state index >= 15 is 0 Å². The van der Waals surface area contributed by atoms with Crippen LogP contribution in [0.15, 0.2) is 24.3 Å². The zero-order chi connectivity index (χ0) is 13.6. The predicted molar refractivity (Wildman–Crippen MR) is 72.8 cm³/mol. The largest absolute Gasteiger partial charge is 0.465 e. The van der Waals surface area contributed by atoms with Gasteiger partial charge in [0.2, 0.25) is 0 Å². The summed E-state index contributed by atoms with van der Waals surface area (Å²) in [6, 6.07) is 8.09. The number of ether oxygens (including phenoxy) is 1. The maximum absolute atomic E-state index is 11.9. The van der Waals surface area contributed by atoms with Crippen LogP contribution in [0.3, 0.4) is 0 Å². The molecule has 1 aromatic carbocycles. The van der Waals surface area contributed by atoms with Crippen molar-refractivity contribution in [1.82, 2.24) is 4.98 Å². The number of aromatic amines is 1. The summed E-state index contributed by atoms with van der Waals surface area (Å²) in [6.45, 7) is 4.27. The van der Waals surface area contributed by atoms with Gasteiger partial charge in [-0.25, -0.2) is 4.79 Å². The van der Waals surface area contributed by atoms with Gasteiger partial charge in [-0.1, -0.05) is 18.2 Å². The minimum atomic E-state index is -0.160. The Morgan fingerprint density at radius 2 is 2.16 bits per heavy atom. The first kappa shape index (κ1) is 12.2. The molecule has 0 fully saturated rings. The number of nitrogens with one attached hydrogen (secondary N) is 1. The normalized spacial score (nSPS) is 21.1. The molecule has 0 spiro atoms. The summed E-state index contributed by atoms with van der Waals surface area (Å²) >= 11 is 0. The van der Waals surface area contributed by atoms with Gasteiger partial charge >= 0.3 is 5.97 Å². The van der Waals surface area contributed by atoms with Crippen LogP contribution >= 0.6 is 0 Å². The molecule has 0 saturated carbocycles. The van der Waals surface area contributed by atoms with Gasteiger partial charge in [0, 0.05) is 17.3 Å². The van der Waals surface area contributed by atoms with Gasteiger partial charge < -0.3 is 15.0 Å². The summed E-state index contributed by atoms with van der Waals surface area (Å²) in [5.74, 6) is -0.149. The molecule has 0 bridgehead atoms. The van der Waals surface area contributed by atoms with Gasteiger partial charge in [0.15, 0.2) is 6.04 Å². The molecule has 0 saturated heterocycles. The highest BCUT2D eigenvalue weighted by Gasteiger charge is 2.42. The lowest BCUT2D eigenvalue weighted by atomic mass is 9.86. The number of para-hydroxylation sites is 1. The average Bonchev–Trinajstić information content (AvgIpc) is 2.77. The van der Waals surface area contributed by atoms with E-state index in [0.717, 1.165) is 11.9 Å². The van der Waals surface area contributed by atoms with Crippen LogP contribution < -0.4 is 5.32 Å². The number of benzene rings is 1. The Kier molecular flexibility index (Phi) is 2.64. The number of hydrogen-bond donors (Lipinski definition) is 2. The summed E-state index contributed by atoms with van der Waals surface area (Å²) in [7, 11) is 1.45. The van der Waals surface area contributed by atoms with Crippen LogP contribution in [0, 0.1) is 0 Å². The Hall–Kier alpha value is -1.81. The van der Waals surface area contributed by atoms with Crippen molar-refractivity contribution in [3.05, 3.63) is 35.5 Å². The fourth-order valence-corrected chi connectivity index (χ4v) is 3.13. The molecule has 1 aliphatic rings. The standard InChI is InChI=1S/C15H18N2O2/c1-15(2)13-10(8-12(17-15)14(18)19-3)9-6-4-5-7-11(9)16-13/h4-7,12,16-17H,8H2,1-3H3/p+1/t12-/m0/s1. The van der Waals surface area contributed by atoms with Gasteiger partial charge in [0.25, 0.3) is 0 Å². The number of methoxy groups -OCH3 is 1. The van der Waals surface area contributed by atoms with Gasteiger partial charge in [-0.05, 0) is 25.5 Å². The van der Waals surface area contributed by atoms with Crippen molar-refractivity contribution >= 4 is 16.9 Å². The molecule has 0 radical (unpaired) electrons. The Labute approximate surface area is 112 Å². The van der Waals surface area contributed by atoms with Crippen LogP contribution in [0.1, 0.15) is 25.1 Å². The number of fused-ring (bicyclic) bond motifs is 3. The van der Waals surface area contributed by atoms with Gasteiger partial charge in [0.05, 0.1) is 12.8 Å². The molecule has 100 valence electrons. The molecule has 1 atom stereocenters. The summed E-state index contributed by atoms with van der Waals surface area (Å²) in [5.41, 5.74) is 3.46. The number of aromatic nitrogens is 1. The number of carbonyl (C=O) groups is 1. The third-order valence-corrected chi connectivity index (χ3v) is 4.00. The molecule has 19 heavy (non-hydrogen) atoms. The van der Waals surface area contributed by atoms with Crippen molar-refractivity contribution in [2.24, 2.45) is 0 Å². The van der Waals surface area contributed by atoms with E-state index in [2.05, 4.69) is 36.3 Å². The Morgan fingerprint density at radius 3 is 2.89 bits per heavy atom. The van der Waals surface area contributed by atoms with Crippen LogP contribution in [0.4, 0.5) is 0 Å². The molecule has 4 heteroatoms. The van der Waals surface area contributed by atoms with Crippen LogP contribution in [-0.2, 0) is 21.5 Å². The van der Waals surface area contributed by atoms with E-state index < -0.39 is 0 Å². The average molecular weight is 259 g/mol. The highest BCUT2D eigenvalue weighted by atomic mass is 16.5. The maximum Gasteiger partial charge on any atom is 0.364 e. The van der Waals surface area contributed by atoms with E-state index in [4.69, 9.17) is 4.74 Å². The van der Waals surface area contributed by atoms with Crippen LogP contribution in [0.5, 0.6) is 0 Å². The van der Waals surface area contributed by atoms with Gasteiger partial charge in [0.1, 0.15) is 5.54 Å². The Morgan fingerprint density at radius 1 is 1.42 bits per heavy atom. The van der Waals surface area contributed by atoms with Crippen molar-refractivity contribution in [3.8, 4) is 0 Å². The van der Waals surface area contributed by atoms with Crippen molar-refractivity contribution in [2.45, 2.75) is 31.8 Å². The number of hydrogen-bond acceptors (Lipinski definition) is 2. The predicted octanol–water partition coefficient (Wildman–Crippen LogP) is 1.06. The fourth-order valence-electron chi connectivity index (χ4n) is 3.13. The number of rotatable bonds is 1. The van der Waals surface area contributed by atoms with Crippen molar-refractivity contribution in [3.63, 3.8) is 0 Å². The molecule has 1 aliphatic heterocycles. The van der Waals surface area contributed by atoms with Crippen LogP contribution in [0.25, 0.3) is 10.9 Å². The minimum Gasteiger partial charge on any atom is -0.465 e. The third kappa shape index (κ3) is 1.83. The summed E-state index contributed by atoms with van der Waals surface area (Å²) in [6.07, 6.45) is 0.718. The second-order valence-electron chi connectivity index (χ2n) is 5.75. The molecule has 2 aromatic rings. The topological polar surface area (TPSA) is 58.7 Å². The molecular formula is C15H19N2O2+. The number of carbonyl (C=O) groups excluding carboxylic acids is 1. The summed E-state index contributed by atoms with van der Waals surface area (Å²) < 4.78 is 4.91.